The smallest absolute Gasteiger partial charge is 0.247 e. The Hall–Kier alpha value is -1.20. The van der Waals surface area contributed by atoms with Crippen molar-refractivity contribution in [3.8, 4) is 0 Å². The van der Waals surface area contributed by atoms with E-state index >= 15 is 0 Å². The predicted octanol–water partition coefficient (Wildman–Crippen LogP) is 2.61. The van der Waals surface area contributed by atoms with Crippen LogP contribution in [0.2, 0.25) is 0 Å². The lowest BCUT2D eigenvalue weighted by Gasteiger charge is -2.22. The van der Waals surface area contributed by atoms with E-state index in [-0.39, 0.29) is 23.9 Å². The molecule has 1 saturated carbocycles. The van der Waals surface area contributed by atoms with Crippen LogP contribution >= 0.6 is 15.9 Å². The summed E-state index contributed by atoms with van der Waals surface area (Å²) in [5.41, 5.74) is 1.10. The molecule has 0 spiro atoms. The van der Waals surface area contributed by atoms with Crippen LogP contribution in [0.3, 0.4) is 0 Å². The standard InChI is InChI=1S/C16H19BrN2O2/c17-12-5-3-4-11(8-12)10-18-14-9-15(20)19(16(14)21)13-6-1-2-7-13/h3-5,8,13-14,18H,1-2,6-7,9-10H2. The molecule has 0 radical (unpaired) electrons. The molecule has 0 aromatic heterocycles. The molecule has 1 aliphatic heterocycles. The molecule has 4 nitrogen and oxygen atoms in total. The van der Waals surface area contributed by atoms with E-state index in [1.807, 2.05) is 24.3 Å². The van der Waals surface area contributed by atoms with Crippen molar-refractivity contribution >= 4 is 27.7 Å². The molecule has 112 valence electrons. The minimum atomic E-state index is -0.364. The zero-order valence-electron chi connectivity index (χ0n) is 11.8. The zero-order chi connectivity index (χ0) is 14.8. The summed E-state index contributed by atoms with van der Waals surface area (Å²) in [7, 11) is 0. The molecule has 1 saturated heterocycles. The SMILES string of the molecule is O=C1CC(NCc2cccc(Br)c2)C(=O)N1C1CCCC1. The van der Waals surface area contributed by atoms with Gasteiger partial charge in [0.05, 0.1) is 12.5 Å². The zero-order valence-corrected chi connectivity index (χ0v) is 13.4. The Morgan fingerprint density at radius 2 is 2.00 bits per heavy atom. The Bertz CT molecular complexity index is 555. The number of hydrogen-bond acceptors (Lipinski definition) is 3. The Morgan fingerprint density at radius 1 is 1.24 bits per heavy atom. The van der Waals surface area contributed by atoms with E-state index in [1.54, 1.807) is 0 Å². The van der Waals surface area contributed by atoms with Gasteiger partial charge in [0.25, 0.3) is 0 Å². The predicted molar refractivity (Wildman–Crippen MR) is 83.5 cm³/mol. The van der Waals surface area contributed by atoms with Gasteiger partial charge in [0, 0.05) is 17.1 Å². The minimum absolute atomic E-state index is 0.0151. The number of rotatable bonds is 4. The van der Waals surface area contributed by atoms with E-state index in [0.717, 1.165) is 35.7 Å². The fourth-order valence-electron chi connectivity index (χ4n) is 3.24. The van der Waals surface area contributed by atoms with Gasteiger partial charge in [-0.2, -0.15) is 0 Å². The molecule has 21 heavy (non-hydrogen) atoms. The number of nitrogens with zero attached hydrogens (tertiary/aromatic N) is 1. The third-order valence-electron chi connectivity index (χ3n) is 4.31. The number of carbonyl (C=O) groups excluding carboxylic acids is 2. The van der Waals surface area contributed by atoms with Gasteiger partial charge < -0.3 is 5.32 Å². The van der Waals surface area contributed by atoms with Gasteiger partial charge in [-0.1, -0.05) is 40.9 Å². The largest absolute Gasteiger partial charge is 0.301 e. The maximum atomic E-state index is 12.4. The number of likely N-dealkylation sites (tertiary alicyclic amines) is 1. The number of nitrogens with one attached hydrogen (secondary N) is 1. The number of hydrogen-bond donors (Lipinski definition) is 1. The molecule has 0 bridgehead atoms. The maximum absolute atomic E-state index is 12.4. The molecular formula is C16H19BrN2O2. The highest BCUT2D eigenvalue weighted by atomic mass is 79.9. The lowest BCUT2D eigenvalue weighted by Crippen LogP contribution is -2.42. The summed E-state index contributed by atoms with van der Waals surface area (Å²) < 4.78 is 1.02. The van der Waals surface area contributed by atoms with Crippen molar-refractivity contribution in [2.24, 2.45) is 0 Å². The van der Waals surface area contributed by atoms with Crippen molar-refractivity contribution in [3.05, 3.63) is 34.3 Å². The van der Waals surface area contributed by atoms with Crippen LogP contribution in [0.25, 0.3) is 0 Å². The molecule has 1 heterocycles. The molecule has 1 aromatic carbocycles. The summed E-state index contributed by atoms with van der Waals surface area (Å²) in [4.78, 5) is 26.0. The molecule has 1 unspecified atom stereocenters. The highest BCUT2D eigenvalue weighted by molar-refractivity contribution is 9.10. The van der Waals surface area contributed by atoms with E-state index < -0.39 is 0 Å². The second kappa shape index (κ2) is 6.28. The average Bonchev–Trinajstić information content (AvgIpc) is 3.05. The summed E-state index contributed by atoms with van der Waals surface area (Å²) in [6.07, 6.45) is 4.48. The minimum Gasteiger partial charge on any atom is -0.301 e. The first kappa shape index (κ1) is 14.7. The monoisotopic (exact) mass is 350 g/mol. The van der Waals surface area contributed by atoms with Crippen molar-refractivity contribution in [1.82, 2.24) is 10.2 Å². The Kier molecular flexibility index (Phi) is 4.40. The first-order valence-electron chi connectivity index (χ1n) is 7.49. The van der Waals surface area contributed by atoms with Crippen LogP contribution in [0.1, 0.15) is 37.7 Å². The lowest BCUT2D eigenvalue weighted by molar-refractivity contribution is -0.141. The van der Waals surface area contributed by atoms with Gasteiger partial charge in [0.15, 0.2) is 0 Å². The second-order valence-corrected chi connectivity index (χ2v) is 6.72. The van der Waals surface area contributed by atoms with Crippen LogP contribution in [-0.4, -0.2) is 28.8 Å². The average molecular weight is 351 g/mol. The number of carbonyl (C=O) groups is 2. The number of benzene rings is 1. The van der Waals surface area contributed by atoms with E-state index in [9.17, 15) is 9.59 Å². The summed E-state index contributed by atoms with van der Waals surface area (Å²) in [5.74, 6) is -0.0551. The van der Waals surface area contributed by atoms with Gasteiger partial charge in [-0.25, -0.2) is 0 Å². The fourth-order valence-corrected chi connectivity index (χ4v) is 3.69. The van der Waals surface area contributed by atoms with Crippen molar-refractivity contribution in [1.29, 1.82) is 0 Å². The molecule has 5 heteroatoms. The molecule has 3 rings (SSSR count). The lowest BCUT2D eigenvalue weighted by atomic mass is 10.2. The topological polar surface area (TPSA) is 49.4 Å². The summed E-state index contributed by atoms with van der Waals surface area (Å²) >= 11 is 3.43. The number of imide groups is 1. The maximum Gasteiger partial charge on any atom is 0.247 e. The molecular weight excluding hydrogens is 332 g/mol. The van der Waals surface area contributed by atoms with Crippen LogP contribution < -0.4 is 5.32 Å². The van der Waals surface area contributed by atoms with Crippen LogP contribution in [0, 0.1) is 0 Å². The van der Waals surface area contributed by atoms with Crippen molar-refractivity contribution < 1.29 is 9.59 Å². The van der Waals surface area contributed by atoms with Gasteiger partial charge in [-0.3, -0.25) is 14.5 Å². The molecule has 1 N–H and O–H groups in total. The normalized spacial score (nSPS) is 23.3. The number of amides is 2. The van der Waals surface area contributed by atoms with E-state index in [4.69, 9.17) is 0 Å². The van der Waals surface area contributed by atoms with Crippen LogP contribution in [0.4, 0.5) is 0 Å². The third-order valence-corrected chi connectivity index (χ3v) is 4.81. The Balaban J connectivity index is 1.62. The fraction of sp³-hybridized carbons (Fsp3) is 0.500. The molecule has 1 aromatic rings. The molecule has 1 atom stereocenters. The van der Waals surface area contributed by atoms with E-state index in [0.29, 0.717) is 13.0 Å². The van der Waals surface area contributed by atoms with Crippen molar-refractivity contribution in [2.75, 3.05) is 0 Å². The van der Waals surface area contributed by atoms with Gasteiger partial charge >= 0.3 is 0 Å². The van der Waals surface area contributed by atoms with Crippen LogP contribution in [-0.2, 0) is 16.1 Å². The van der Waals surface area contributed by atoms with Gasteiger partial charge in [0.2, 0.25) is 11.8 Å². The second-order valence-electron chi connectivity index (χ2n) is 5.81. The summed E-state index contributed by atoms with van der Waals surface area (Å²) in [6.45, 7) is 0.599. The van der Waals surface area contributed by atoms with Gasteiger partial charge in [-0.05, 0) is 30.5 Å². The van der Waals surface area contributed by atoms with E-state index in [2.05, 4.69) is 21.2 Å². The van der Waals surface area contributed by atoms with Crippen molar-refractivity contribution in [3.63, 3.8) is 0 Å². The van der Waals surface area contributed by atoms with E-state index in [1.165, 1.54) is 4.90 Å². The Morgan fingerprint density at radius 3 is 2.71 bits per heavy atom. The molecule has 2 aliphatic rings. The first-order valence-corrected chi connectivity index (χ1v) is 8.28. The molecule has 2 amide bonds. The molecule has 1 aliphatic carbocycles. The number of halogens is 1. The summed E-state index contributed by atoms with van der Waals surface area (Å²) in [6, 6.07) is 7.74. The van der Waals surface area contributed by atoms with Crippen molar-refractivity contribution in [2.45, 2.75) is 50.7 Å². The highest BCUT2D eigenvalue weighted by Gasteiger charge is 2.42. The third kappa shape index (κ3) is 3.19. The quantitative estimate of drug-likeness (QED) is 0.849. The first-order chi connectivity index (χ1) is 10.1. The van der Waals surface area contributed by atoms with Gasteiger partial charge in [-0.15, -0.1) is 0 Å². The summed E-state index contributed by atoms with van der Waals surface area (Å²) in [5, 5.41) is 3.23. The molecule has 2 fully saturated rings. The van der Waals surface area contributed by atoms with Crippen LogP contribution in [0.5, 0.6) is 0 Å². The Labute approximate surface area is 133 Å². The van der Waals surface area contributed by atoms with Gasteiger partial charge in [0.1, 0.15) is 0 Å². The highest BCUT2D eigenvalue weighted by Crippen LogP contribution is 2.28. The van der Waals surface area contributed by atoms with Crippen LogP contribution in [0.15, 0.2) is 28.7 Å².